The smallest absolute Gasteiger partial charge is 0.255 e. The van der Waals surface area contributed by atoms with Gasteiger partial charge in [-0.15, -0.1) is 0 Å². The van der Waals surface area contributed by atoms with Crippen molar-refractivity contribution in [2.75, 3.05) is 26.3 Å². The van der Waals surface area contributed by atoms with Gasteiger partial charge in [-0.1, -0.05) is 0 Å². The van der Waals surface area contributed by atoms with E-state index < -0.39 is 0 Å². The van der Waals surface area contributed by atoms with E-state index in [9.17, 15) is 4.79 Å². The number of aromatic amines is 1. The molecule has 1 aliphatic heterocycles. The van der Waals surface area contributed by atoms with Gasteiger partial charge in [-0.25, -0.2) is 4.98 Å². The highest BCUT2D eigenvalue weighted by atomic mass is 16.5. The molecule has 0 radical (unpaired) electrons. The van der Waals surface area contributed by atoms with Crippen molar-refractivity contribution in [3.05, 3.63) is 23.5 Å². The molecule has 1 N–H and O–H groups in total. The van der Waals surface area contributed by atoms with Crippen LogP contribution in [0.4, 0.5) is 0 Å². The molecule has 6 nitrogen and oxygen atoms in total. The molecule has 1 amide bonds. The predicted molar refractivity (Wildman–Crippen MR) is 65.3 cm³/mol. The van der Waals surface area contributed by atoms with Crippen LogP contribution in [0, 0.1) is 6.92 Å². The summed E-state index contributed by atoms with van der Waals surface area (Å²) < 4.78 is 5.24. The molecule has 1 aliphatic rings. The molecule has 0 unspecified atom stereocenters. The normalized spacial score (nSPS) is 16.2. The van der Waals surface area contributed by atoms with Gasteiger partial charge in [0, 0.05) is 30.4 Å². The minimum absolute atomic E-state index is 0.00769. The van der Waals surface area contributed by atoms with Crippen LogP contribution in [0.2, 0.25) is 0 Å². The first-order valence-corrected chi connectivity index (χ1v) is 5.93. The molecule has 0 bridgehead atoms. The quantitative estimate of drug-likeness (QED) is 0.805. The molecule has 1 saturated heterocycles. The Balaban J connectivity index is 1.93. The van der Waals surface area contributed by atoms with Crippen molar-refractivity contribution in [3.8, 4) is 0 Å². The van der Waals surface area contributed by atoms with Gasteiger partial charge in [0.25, 0.3) is 5.91 Å². The summed E-state index contributed by atoms with van der Waals surface area (Å²) in [5, 5.41) is 7.81. The Morgan fingerprint density at radius 2 is 2.22 bits per heavy atom. The molecule has 18 heavy (non-hydrogen) atoms. The van der Waals surface area contributed by atoms with Crippen LogP contribution >= 0.6 is 0 Å². The predicted octanol–water partition coefficient (Wildman–Crippen LogP) is 0.739. The van der Waals surface area contributed by atoms with Gasteiger partial charge in [-0.2, -0.15) is 5.10 Å². The number of amides is 1. The average Bonchev–Trinajstić information content (AvgIpc) is 2.80. The van der Waals surface area contributed by atoms with Gasteiger partial charge in [0.05, 0.1) is 18.8 Å². The molecule has 1 fully saturated rings. The second kappa shape index (κ2) is 4.38. The number of hydrogen-bond acceptors (Lipinski definition) is 4. The number of morpholine rings is 1. The second-order valence-electron chi connectivity index (χ2n) is 4.35. The molecule has 0 atom stereocenters. The maximum absolute atomic E-state index is 12.3. The fourth-order valence-electron chi connectivity index (χ4n) is 2.09. The van der Waals surface area contributed by atoms with Crippen molar-refractivity contribution in [3.63, 3.8) is 0 Å². The number of rotatable bonds is 1. The first kappa shape index (κ1) is 11.2. The fraction of sp³-hybridized carbons (Fsp3) is 0.417. The van der Waals surface area contributed by atoms with Crippen LogP contribution in [0.5, 0.6) is 0 Å². The Hall–Kier alpha value is -1.95. The van der Waals surface area contributed by atoms with Crippen molar-refractivity contribution in [1.82, 2.24) is 20.1 Å². The van der Waals surface area contributed by atoms with E-state index in [1.54, 1.807) is 11.1 Å². The highest BCUT2D eigenvalue weighted by Crippen LogP contribution is 2.16. The maximum Gasteiger partial charge on any atom is 0.255 e. The summed E-state index contributed by atoms with van der Waals surface area (Å²) >= 11 is 0. The van der Waals surface area contributed by atoms with Crippen molar-refractivity contribution in [1.29, 1.82) is 0 Å². The third kappa shape index (κ3) is 1.84. The highest BCUT2D eigenvalue weighted by molar-refractivity contribution is 5.97. The zero-order valence-corrected chi connectivity index (χ0v) is 10.1. The summed E-state index contributed by atoms with van der Waals surface area (Å²) in [6.45, 7) is 4.40. The molecule has 0 saturated carbocycles. The third-order valence-electron chi connectivity index (χ3n) is 3.15. The van der Waals surface area contributed by atoms with Crippen LogP contribution in [0.25, 0.3) is 11.0 Å². The first-order chi connectivity index (χ1) is 8.75. The van der Waals surface area contributed by atoms with Crippen molar-refractivity contribution < 1.29 is 9.53 Å². The SMILES string of the molecule is Cc1[nH]nc2ncc(C(=O)N3CCOCC3)cc12. The summed E-state index contributed by atoms with van der Waals surface area (Å²) in [5.74, 6) is 0.00769. The van der Waals surface area contributed by atoms with Gasteiger partial charge in [-0.05, 0) is 13.0 Å². The number of carbonyl (C=O) groups excluding carboxylic acids is 1. The van der Waals surface area contributed by atoms with Crippen LogP contribution in [0.15, 0.2) is 12.3 Å². The highest BCUT2D eigenvalue weighted by Gasteiger charge is 2.19. The van der Waals surface area contributed by atoms with Crippen LogP contribution in [-0.4, -0.2) is 52.3 Å². The molecule has 3 heterocycles. The molecular weight excluding hydrogens is 232 g/mol. The Kier molecular flexibility index (Phi) is 2.71. The monoisotopic (exact) mass is 246 g/mol. The number of H-pyrrole nitrogens is 1. The van der Waals surface area contributed by atoms with Crippen LogP contribution in [0.3, 0.4) is 0 Å². The van der Waals surface area contributed by atoms with Gasteiger partial charge >= 0.3 is 0 Å². The largest absolute Gasteiger partial charge is 0.378 e. The zero-order chi connectivity index (χ0) is 12.5. The first-order valence-electron chi connectivity index (χ1n) is 5.93. The standard InChI is InChI=1S/C12H14N4O2/c1-8-10-6-9(7-13-11(10)15-14-8)12(17)16-2-4-18-5-3-16/h6-7H,2-5H2,1H3,(H,13,14,15). The number of fused-ring (bicyclic) bond motifs is 1. The van der Waals surface area contributed by atoms with Crippen LogP contribution in [0.1, 0.15) is 16.1 Å². The Labute approximate surface area is 104 Å². The van der Waals surface area contributed by atoms with Gasteiger partial charge in [-0.3, -0.25) is 9.89 Å². The number of ether oxygens (including phenoxy) is 1. The molecule has 94 valence electrons. The Morgan fingerprint density at radius 1 is 1.44 bits per heavy atom. The molecule has 6 heteroatoms. The molecule has 3 rings (SSSR count). The van der Waals surface area contributed by atoms with Crippen LogP contribution < -0.4 is 0 Å². The number of nitrogens with zero attached hydrogens (tertiary/aromatic N) is 3. The lowest BCUT2D eigenvalue weighted by Crippen LogP contribution is -2.40. The Bertz CT molecular complexity index is 587. The number of aryl methyl sites for hydroxylation is 1. The zero-order valence-electron chi connectivity index (χ0n) is 10.1. The van der Waals surface area contributed by atoms with Crippen LogP contribution in [-0.2, 0) is 4.74 Å². The van der Waals surface area contributed by atoms with E-state index in [1.807, 2.05) is 13.0 Å². The van der Waals surface area contributed by atoms with Gasteiger partial charge in [0.2, 0.25) is 0 Å². The number of nitrogens with one attached hydrogen (secondary N) is 1. The van der Waals surface area contributed by atoms with E-state index >= 15 is 0 Å². The van der Waals surface area contributed by atoms with E-state index in [1.165, 1.54) is 0 Å². The van der Waals surface area contributed by atoms with E-state index in [4.69, 9.17) is 4.74 Å². The summed E-state index contributed by atoms with van der Waals surface area (Å²) in [7, 11) is 0. The van der Waals surface area contributed by atoms with Gasteiger partial charge in [0.15, 0.2) is 5.65 Å². The third-order valence-corrected chi connectivity index (χ3v) is 3.15. The van der Waals surface area contributed by atoms with Crippen molar-refractivity contribution >= 4 is 16.9 Å². The van der Waals surface area contributed by atoms with Gasteiger partial charge < -0.3 is 9.64 Å². The Morgan fingerprint density at radius 3 is 3.00 bits per heavy atom. The number of hydrogen-bond donors (Lipinski definition) is 1. The lowest BCUT2D eigenvalue weighted by molar-refractivity contribution is 0.0303. The number of carbonyl (C=O) groups is 1. The molecule has 0 spiro atoms. The molecule has 2 aromatic rings. The number of aromatic nitrogens is 3. The molecule has 0 aromatic carbocycles. The molecule has 0 aliphatic carbocycles. The second-order valence-corrected chi connectivity index (χ2v) is 4.35. The molecular formula is C12H14N4O2. The lowest BCUT2D eigenvalue weighted by atomic mass is 10.2. The number of pyridine rings is 1. The summed E-state index contributed by atoms with van der Waals surface area (Å²) in [6, 6.07) is 1.85. The van der Waals surface area contributed by atoms with E-state index in [2.05, 4.69) is 15.2 Å². The van der Waals surface area contributed by atoms with Crippen molar-refractivity contribution in [2.45, 2.75) is 6.92 Å². The minimum atomic E-state index is 0.00769. The summed E-state index contributed by atoms with van der Waals surface area (Å²) in [4.78, 5) is 18.3. The van der Waals surface area contributed by atoms with Gasteiger partial charge in [0.1, 0.15) is 0 Å². The average molecular weight is 246 g/mol. The fourth-order valence-corrected chi connectivity index (χ4v) is 2.09. The lowest BCUT2D eigenvalue weighted by Gasteiger charge is -2.26. The molecule has 2 aromatic heterocycles. The van der Waals surface area contributed by atoms with E-state index in [0.717, 1.165) is 11.1 Å². The van der Waals surface area contributed by atoms with Crippen molar-refractivity contribution in [2.24, 2.45) is 0 Å². The van der Waals surface area contributed by atoms with E-state index in [0.29, 0.717) is 37.5 Å². The summed E-state index contributed by atoms with van der Waals surface area (Å²) in [5.41, 5.74) is 2.18. The van der Waals surface area contributed by atoms with E-state index in [-0.39, 0.29) is 5.91 Å². The minimum Gasteiger partial charge on any atom is -0.378 e. The topological polar surface area (TPSA) is 71.1 Å². The summed E-state index contributed by atoms with van der Waals surface area (Å²) in [6.07, 6.45) is 1.58. The maximum atomic E-state index is 12.3.